The minimum absolute atomic E-state index is 0.297. The molecule has 20 heavy (non-hydrogen) atoms. The minimum Gasteiger partial charge on any atom is -0.329 e. The molecule has 2 atom stereocenters. The molecule has 1 aliphatic carbocycles. The first-order valence-corrected chi connectivity index (χ1v) is 8.74. The maximum Gasteiger partial charge on any atom is 0.0338 e. The van der Waals surface area contributed by atoms with Crippen molar-refractivity contribution in [2.24, 2.45) is 11.1 Å². The maximum absolute atomic E-state index is 6.30. The maximum atomic E-state index is 6.30. The average molecular weight is 279 g/mol. The summed E-state index contributed by atoms with van der Waals surface area (Å²) in [6, 6.07) is 0.811. The van der Waals surface area contributed by atoms with Crippen LogP contribution in [0.2, 0.25) is 0 Å². The van der Waals surface area contributed by atoms with Gasteiger partial charge in [-0.1, -0.05) is 26.7 Å². The number of hydrogen-bond donors (Lipinski definition) is 1. The summed E-state index contributed by atoms with van der Waals surface area (Å²) in [6.45, 7) is 10.8. The third-order valence-electron chi connectivity index (χ3n) is 6.19. The molecule has 1 saturated carbocycles. The summed E-state index contributed by atoms with van der Waals surface area (Å²) >= 11 is 0. The van der Waals surface area contributed by atoms with Crippen molar-refractivity contribution < 1.29 is 0 Å². The molecule has 2 saturated heterocycles. The Morgan fingerprint density at radius 3 is 2.65 bits per heavy atom. The van der Waals surface area contributed by atoms with Gasteiger partial charge in [-0.2, -0.15) is 0 Å². The molecule has 2 unspecified atom stereocenters. The SMILES string of the molecule is CC1(C)CCCC(CN)(N2CCN3CCCCC3C2)C1. The summed E-state index contributed by atoms with van der Waals surface area (Å²) in [5.74, 6) is 0. The second-order valence-corrected chi connectivity index (χ2v) is 8.25. The molecule has 0 aromatic rings. The number of nitrogens with zero attached hydrogens (tertiary/aromatic N) is 2. The van der Waals surface area contributed by atoms with Crippen molar-refractivity contribution in [3.8, 4) is 0 Å². The Labute approximate surface area is 124 Å². The van der Waals surface area contributed by atoms with Crippen LogP contribution in [0.15, 0.2) is 0 Å². The van der Waals surface area contributed by atoms with E-state index in [1.165, 1.54) is 71.1 Å². The van der Waals surface area contributed by atoms with Gasteiger partial charge in [-0.15, -0.1) is 0 Å². The van der Waals surface area contributed by atoms with Crippen LogP contribution in [0.25, 0.3) is 0 Å². The Balaban J connectivity index is 1.72. The van der Waals surface area contributed by atoms with Crippen LogP contribution in [-0.2, 0) is 0 Å². The van der Waals surface area contributed by atoms with E-state index in [2.05, 4.69) is 23.6 Å². The molecule has 0 amide bonds. The molecule has 3 rings (SSSR count). The molecule has 116 valence electrons. The molecule has 0 spiro atoms. The lowest BCUT2D eigenvalue weighted by molar-refractivity contribution is -0.0473. The molecule has 2 N–H and O–H groups in total. The van der Waals surface area contributed by atoms with Gasteiger partial charge in [0.2, 0.25) is 0 Å². The fraction of sp³-hybridized carbons (Fsp3) is 1.00. The van der Waals surface area contributed by atoms with Crippen molar-refractivity contribution in [1.82, 2.24) is 9.80 Å². The zero-order chi connectivity index (χ0) is 14.2. The van der Waals surface area contributed by atoms with Crippen LogP contribution in [0.4, 0.5) is 0 Å². The van der Waals surface area contributed by atoms with Gasteiger partial charge >= 0.3 is 0 Å². The quantitative estimate of drug-likeness (QED) is 0.843. The Morgan fingerprint density at radius 1 is 1.05 bits per heavy atom. The summed E-state index contributed by atoms with van der Waals surface area (Å²) in [7, 11) is 0. The molecule has 0 aromatic heterocycles. The first-order chi connectivity index (χ1) is 9.55. The monoisotopic (exact) mass is 279 g/mol. The predicted molar refractivity (Wildman–Crippen MR) is 84.8 cm³/mol. The number of hydrogen-bond acceptors (Lipinski definition) is 3. The van der Waals surface area contributed by atoms with Crippen LogP contribution >= 0.6 is 0 Å². The Hall–Kier alpha value is -0.120. The number of nitrogens with two attached hydrogens (primary N) is 1. The van der Waals surface area contributed by atoms with Gasteiger partial charge in [0.1, 0.15) is 0 Å². The highest BCUT2D eigenvalue weighted by Crippen LogP contribution is 2.44. The van der Waals surface area contributed by atoms with E-state index in [1.807, 2.05) is 0 Å². The number of piperazine rings is 1. The topological polar surface area (TPSA) is 32.5 Å². The Bertz CT molecular complexity index is 341. The summed E-state index contributed by atoms with van der Waals surface area (Å²) in [5, 5.41) is 0. The smallest absolute Gasteiger partial charge is 0.0338 e. The molecule has 3 aliphatic rings. The fourth-order valence-electron chi connectivity index (χ4n) is 5.12. The highest BCUT2D eigenvalue weighted by atomic mass is 15.3. The summed E-state index contributed by atoms with van der Waals surface area (Å²) in [6.07, 6.45) is 9.58. The predicted octanol–water partition coefficient (Wildman–Crippen LogP) is 2.45. The number of fused-ring (bicyclic) bond motifs is 1. The third kappa shape index (κ3) is 2.77. The Morgan fingerprint density at radius 2 is 1.90 bits per heavy atom. The van der Waals surface area contributed by atoms with Gasteiger partial charge in [0.25, 0.3) is 0 Å². The number of piperidine rings is 1. The summed E-state index contributed by atoms with van der Waals surface area (Å²) in [4.78, 5) is 5.53. The van der Waals surface area contributed by atoms with Crippen molar-refractivity contribution in [2.45, 2.75) is 70.4 Å². The van der Waals surface area contributed by atoms with E-state index < -0.39 is 0 Å². The van der Waals surface area contributed by atoms with E-state index >= 15 is 0 Å². The molecule has 3 fully saturated rings. The molecule has 0 radical (unpaired) electrons. The molecule has 2 aliphatic heterocycles. The van der Waals surface area contributed by atoms with Crippen molar-refractivity contribution in [1.29, 1.82) is 0 Å². The van der Waals surface area contributed by atoms with Gasteiger partial charge in [-0.05, 0) is 44.1 Å². The van der Waals surface area contributed by atoms with Gasteiger partial charge in [0.15, 0.2) is 0 Å². The van der Waals surface area contributed by atoms with Crippen LogP contribution in [0.5, 0.6) is 0 Å². The second kappa shape index (κ2) is 5.58. The summed E-state index contributed by atoms with van der Waals surface area (Å²) in [5.41, 5.74) is 7.07. The van der Waals surface area contributed by atoms with Crippen LogP contribution in [0, 0.1) is 5.41 Å². The van der Waals surface area contributed by atoms with Crippen molar-refractivity contribution in [3.63, 3.8) is 0 Å². The zero-order valence-electron chi connectivity index (χ0n) is 13.5. The fourth-order valence-corrected chi connectivity index (χ4v) is 5.12. The Kier molecular flexibility index (Phi) is 4.13. The van der Waals surface area contributed by atoms with Crippen molar-refractivity contribution >= 4 is 0 Å². The van der Waals surface area contributed by atoms with E-state index in [0.717, 1.165) is 12.6 Å². The average Bonchev–Trinajstić information content (AvgIpc) is 2.45. The van der Waals surface area contributed by atoms with Crippen LogP contribution < -0.4 is 5.73 Å². The lowest BCUT2D eigenvalue weighted by Crippen LogP contribution is -2.65. The minimum atomic E-state index is 0.297. The van der Waals surface area contributed by atoms with Gasteiger partial charge in [-0.25, -0.2) is 0 Å². The first-order valence-electron chi connectivity index (χ1n) is 8.74. The van der Waals surface area contributed by atoms with E-state index in [9.17, 15) is 0 Å². The molecule has 0 bridgehead atoms. The number of rotatable bonds is 2. The van der Waals surface area contributed by atoms with E-state index in [0.29, 0.717) is 11.0 Å². The van der Waals surface area contributed by atoms with E-state index in [-0.39, 0.29) is 0 Å². The van der Waals surface area contributed by atoms with E-state index in [4.69, 9.17) is 5.73 Å². The molecular weight excluding hydrogens is 246 g/mol. The lowest BCUT2D eigenvalue weighted by Gasteiger charge is -2.55. The zero-order valence-corrected chi connectivity index (χ0v) is 13.5. The van der Waals surface area contributed by atoms with Gasteiger partial charge in [0.05, 0.1) is 0 Å². The van der Waals surface area contributed by atoms with Crippen molar-refractivity contribution in [3.05, 3.63) is 0 Å². The van der Waals surface area contributed by atoms with Gasteiger partial charge < -0.3 is 5.73 Å². The van der Waals surface area contributed by atoms with Crippen molar-refractivity contribution in [2.75, 3.05) is 32.7 Å². The third-order valence-corrected chi connectivity index (χ3v) is 6.19. The standard InChI is InChI=1S/C17H33N3/c1-16(2)7-5-8-17(13-16,14-18)20-11-10-19-9-4-3-6-15(19)12-20/h15H,3-14,18H2,1-2H3. The molecular formula is C17H33N3. The molecule has 0 aromatic carbocycles. The highest BCUT2D eigenvalue weighted by molar-refractivity contribution is 5.02. The van der Waals surface area contributed by atoms with E-state index in [1.54, 1.807) is 0 Å². The molecule has 3 nitrogen and oxygen atoms in total. The lowest BCUT2D eigenvalue weighted by atomic mass is 9.67. The van der Waals surface area contributed by atoms with Gasteiger partial charge in [0, 0.05) is 37.8 Å². The molecule has 2 heterocycles. The van der Waals surface area contributed by atoms with Crippen LogP contribution in [-0.4, -0.2) is 54.1 Å². The highest BCUT2D eigenvalue weighted by Gasteiger charge is 2.45. The second-order valence-electron chi connectivity index (χ2n) is 8.25. The van der Waals surface area contributed by atoms with Crippen LogP contribution in [0.1, 0.15) is 58.8 Å². The normalized spacial score (nSPS) is 39.5. The van der Waals surface area contributed by atoms with Crippen LogP contribution in [0.3, 0.4) is 0 Å². The first kappa shape index (κ1) is 14.8. The molecule has 3 heteroatoms. The largest absolute Gasteiger partial charge is 0.329 e. The van der Waals surface area contributed by atoms with Gasteiger partial charge in [-0.3, -0.25) is 9.80 Å². The summed E-state index contributed by atoms with van der Waals surface area (Å²) < 4.78 is 0.